The minimum absolute atomic E-state index is 0.403. The molecule has 2 aliphatic carbocycles. The van der Waals surface area contributed by atoms with E-state index in [0.717, 1.165) is 19.4 Å². The highest BCUT2D eigenvalue weighted by molar-refractivity contribution is 5.77. The van der Waals surface area contributed by atoms with E-state index in [1.165, 1.54) is 51.4 Å². The molecule has 2 aliphatic rings. The third-order valence-electron chi connectivity index (χ3n) is 4.63. The first-order valence-electron chi connectivity index (χ1n) is 7.81. The molecule has 0 spiro atoms. The van der Waals surface area contributed by atoms with Crippen molar-refractivity contribution in [3.8, 4) is 0 Å². The van der Waals surface area contributed by atoms with Gasteiger partial charge in [-0.15, -0.1) is 0 Å². The zero-order chi connectivity index (χ0) is 12.8. The van der Waals surface area contributed by atoms with Gasteiger partial charge < -0.3 is 10.6 Å². The molecule has 1 amide bonds. The van der Waals surface area contributed by atoms with E-state index in [0.29, 0.717) is 24.4 Å². The van der Waals surface area contributed by atoms with Crippen molar-refractivity contribution in [2.45, 2.75) is 70.3 Å². The van der Waals surface area contributed by atoms with Crippen LogP contribution in [0.4, 0.5) is 0 Å². The molecule has 0 aromatic heterocycles. The largest absolute Gasteiger partial charge is 0.340 e. The van der Waals surface area contributed by atoms with Gasteiger partial charge in [0, 0.05) is 19.0 Å². The number of carbonyl (C=O) groups is 1. The third-order valence-corrected chi connectivity index (χ3v) is 4.63. The van der Waals surface area contributed by atoms with Gasteiger partial charge in [0.2, 0.25) is 5.91 Å². The Morgan fingerprint density at radius 2 is 1.78 bits per heavy atom. The molecule has 0 unspecified atom stereocenters. The maximum absolute atomic E-state index is 12.4. The van der Waals surface area contributed by atoms with E-state index in [1.807, 2.05) is 0 Å². The van der Waals surface area contributed by atoms with Crippen LogP contribution in [0.25, 0.3) is 0 Å². The lowest BCUT2D eigenvalue weighted by Gasteiger charge is -2.38. The number of hydrogen-bond donors (Lipinski definition) is 1. The summed E-state index contributed by atoms with van der Waals surface area (Å²) in [5.74, 6) is 1.06. The first-order chi connectivity index (χ1) is 8.81. The molecule has 104 valence electrons. The van der Waals surface area contributed by atoms with Gasteiger partial charge in [-0.25, -0.2) is 0 Å². The van der Waals surface area contributed by atoms with Crippen molar-refractivity contribution < 1.29 is 4.79 Å². The molecule has 2 N–H and O–H groups in total. The van der Waals surface area contributed by atoms with E-state index >= 15 is 0 Å². The molecule has 0 atom stereocenters. The van der Waals surface area contributed by atoms with E-state index in [4.69, 9.17) is 5.73 Å². The molecule has 3 nitrogen and oxygen atoms in total. The van der Waals surface area contributed by atoms with Gasteiger partial charge in [0.25, 0.3) is 0 Å². The molecule has 0 radical (unpaired) electrons. The Balaban J connectivity index is 1.81. The third kappa shape index (κ3) is 3.71. The van der Waals surface area contributed by atoms with Crippen molar-refractivity contribution in [1.82, 2.24) is 4.90 Å². The summed E-state index contributed by atoms with van der Waals surface area (Å²) < 4.78 is 0. The Labute approximate surface area is 111 Å². The SMILES string of the molecule is NCCCN(C(=O)CC1CCCCC1)C1CCC1. The molecule has 0 aromatic rings. The van der Waals surface area contributed by atoms with Gasteiger partial charge in [-0.1, -0.05) is 19.3 Å². The minimum Gasteiger partial charge on any atom is -0.340 e. The highest BCUT2D eigenvalue weighted by atomic mass is 16.2. The summed E-state index contributed by atoms with van der Waals surface area (Å²) >= 11 is 0. The van der Waals surface area contributed by atoms with Crippen molar-refractivity contribution in [1.29, 1.82) is 0 Å². The summed E-state index contributed by atoms with van der Waals surface area (Å²) in [5.41, 5.74) is 5.58. The highest BCUT2D eigenvalue weighted by Gasteiger charge is 2.29. The van der Waals surface area contributed by atoms with E-state index in [1.54, 1.807) is 0 Å². The second-order valence-corrected chi connectivity index (χ2v) is 6.02. The summed E-state index contributed by atoms with van der Waals surface area (Å²) in [6.45, 7) is 1.58. The number of rotatable bonds is 6. The fraction of sp³-hybridized carbons (Fsp3) is 0.933. The van der Waals surface area contributed by atoms with Crippen LogP contribution in [0.1, 0.15) is 64.2 Å². The van der Waals surface area contributed by atoms with E-state index in [2.05, 4.69) is 4.90 Å². The van der Waals surface area contributed by atoms with Crippen LogP contribution in [-0.4, -0.2) is 29.9 Å². The highest BCUT2D eigenvalue weighted by Crippen LogP contribution is 2.30. The molecule has 0 saturated heterocycles. The average molecular weight is 252 g/mol. The first-order valence-corrected chi connectivity index (χ1v) is 7.81. The summed E-state index contributed by atoms with van der Waals surface area (Å²) in [4.78, 5) is 14.6. The van der Waals surface area contributed by atoms with E-state index in [9.17, 15) is 4.79 Å². The number of carbonyl (C=O) groups excluding carboxylic acids is 1. The second kappa shape index (κ2) is 7.13. The molecule has 18 heavy (non-hydrogen) atoms. The average Bonchev–Trinajstić information content (AvgIpc) is 2.33. The fourth-order valence-corrected chi connectivity index (χ4v) is 3.23. The van der Waals surface area contributed by atoms with Crippen LogP contribution in [0.3, 0.4) is 0 Å². The standard InChI is InChI=1S/C15H28N2O/c16-10-5-11-17(14-8-4-9-14)15(18)12-13-6-2-1-3-7-13/h13-14H,1-12,16H2. The van der Waals surface area contributed by atoms with Crippen molar-refractivity contribution in [2.75, 3.05) is 13.1 Å². The minimum atomic E-state index is 0.403. The molecule has 2 rings (SSSR count). The lowest BCUT2D eigenvalue weighted by atomic mass is 9.85. The van der Waals surface area contributed by atoms with Gasteiger partial charge in [-0.2, -0.15) is 0 Å². The lowest BCUT2D eigenvalue weighted by molar-refractivity contribution is -0.136. The number of nitrogens with two attached hydrogens (primary N) is 1. The van der Waals surface area contributed by atoms with Gasteiger partial charge in [0.1, 0.15) is 0 Å². The van der Waals surface area contributed by atoms with Crippen LogP contribution in [0.15, 0.2) is 0 Å². The van der Waals surface area contributed by atoms with Crippen molar-refractivity contribution in [3.05, 3.63) is 0 Å². The molecule has 2 saturated carbocycles. The van der Waals surface area contributed by atoms with Crippen LogP contribution in [0, 0.1) is 5.92 Å². The Kier molecular flexibility index (Phi) is 5.48. The molecular weight excluding hydrogens is 224 g/mol. The topological polar surface area (TPSA) is 46.3 Å². The summed E-state index contributed by atoms with van der Waals surface area (Å²) in [7, 11) is 0. The maximum atomic E-state index is 12.4. The Morgan fingerprint density at radius 1 is 1.06 bits per heavy atom. The summed E-state index contributed by atoms with van der Waals surface area (Å²) in [5, 5.41) is 0. The van der Waals surface area contributed by atoms with E-state index in [-0.39, 0.29) is 0 Å². The van der Waals surface area contributed by atoms with Crippen LogP contribution in [-0.2, 0) is 4.79 Å². The molecule has 2 fully saturated rings. The van der Waals surface area contributed by atoms with Crippen molar-refractivity contribution >= 4 is 5.91 Å². The molecule has 0 aromatic carbocycles. The Morgan fingerprint density at radius 3 is 2.33 bits per heavy atom. The zero-order valence-electron chi connectivity index (χ0n) is 11.6. The van der Waals surface area contributed by atoms with E-state index < -0.39 is 0 Å². The molecule has 0 heterocycles. The van der Waals surface area contributed by atoms with Gasteiger partial charge in [-0.05, 0) is 51.0 Å². The first kappa shape index (κ1) is 13.9. The van der Waals surface area contributed by atoms with Crippen LogP contribution in [0.2, 0.25) is 0 Å². The van der Waals surface area contributed by atoms with Crippen LogP contribution in [0.5, 0.6) is 0 Å². The second-order valence-electron chi connectivity index (χ2n) is 6.02. The van der Waals surface area contributed by atoms with Gasteiger partial charge >= 0.3 is 0 Å². The van der Waals surface area contributed by atoms with Crippen LogP contribution < -0.4 is 5.73 Å². The quantitative estimate of drug-likeness (QED) is 0.790. The number of hydrogen-bond acceptors (Lipinski definition) is 2. The summed E-state index contributed by atoms with van der Waals surface area (Å²) in [6.07, 6.45) is 12.0. The van der Waals surface area contributed by atoms with Gasteiger partial charge in [-0.3, -0.25) is 4.79 Å². The van der Waals surface area contributed by atoms with Gasteiger partial charge in [0.15, 0.2) is 0 Å². The Hall–Kier alpha value is -0.570. The monoisotopic (exact) mass is 252 g/mol. The van der Waals surface area contributed by atoms with Crippen molar-refractivity contribution in [3.63, 3.8) is 0 Å². The molecule has 0 aliphatic heterocycles. The molecule has 0 bridgehead atoms. The fourth-order valence-electron chi connectivity index (χ4n) is 3.23. The lowest BCUT2D eigenvalue weighted by Crippen LogP contribution is -2.45. The predicted octanol–water partition coefficient (Wildman–Crippen LogP) is 2.69. The molecule has 3 heteroatoms. The van der Waals surface area contributed by atoms with Crippen LogP contribution >= 0.6 is 0 Å². The number of nitrogens with zero attached hydrogens (tertiary/aromatic N) is 1. The Bertz CT molecular complexity index is 257. The normalized spacial score (nSPS) is 21.6. The predicted molar refractivity (Wildman–Crippen MR) is 74.2 cm³/mol. The summed E-state index contributed by atoms with van der Waals surface area (Å²) in [6, 6.07) is 0.535. The van der Waals surface area contributed by atoms with Crippen molar-refractivity contribution in [2.24, 2.45) is 11.7 Å². The number of amides is 1. The molecular formula is C15H28N2O. The maximum Gasteiger partial charge on any atom is 0.223 e. The van der Waals surface area contributed by atoms with Gasteiger partial charge in [0.05, 0.1) is 0 Å². The smallest absolute Gasteiger partial charge is 0.223 e. The zero-order valence-corrected chi connectivity index (χ0v) is 11.6.